The maximum atomic E-state index is 15.0. The largest absolute Gasteiger partial charge is 0.490 e. The minimum Gasteiger partial charge on any atom is -0.490 e. The van der Waals surface area contributed by atoms with Crippen molar-refractivity contribution in [3.8, 4) is 0 Å². The molecule has 4 rings (SSSR count). The molecule has 1 heterocycles. The first-order valence-electron chi connectivity index (χ1n) is 13.7. The summed E-state index contributed by atoms with van der Waals surface area (Å²) in [6, 6.07) is 8.74. The van der Waals surface area contributed by atoms with E-state index in [4.69, 9.17) is 4.74 Å². The Morgan fingerprint density at radius 2 is 1.66 bits per heavy atom. The minimum atomic E-state index is -1.88. The van der Waals surface area contributed by atoms with Crippen molar-refractivity contribution in [1.82, 2.24) is 0 Å². The number of Topliss-reactive ketones (excluding diaryl/α,β-unsaturated/α-hetero) is 3. The Hall–Kier alpha value is -2.79. The van der Waals surface area contributed by atoms with Gasteiger partial charge in [0.15, 0.2) is 22.8 Å². The fourth-order valence-corrected chi connectivity index (χ4v) is 6.78. The fraction of sp³-hybridized carbons (Fsp3) is 0.545. The van der Waals surface area contributed by atoms with E-state index in [2.05, 4.69) is 6.08 Å². The van der Waals surface area contributed by atoms with Crippen LogP contribution in [0.25, 0.3) is 0 Å². The number of benzene rings is 1. The van der Waals surface area contributed by atoms with Crippen LogP contribution in [0.1, 0.15) is 91.4 Å². The average Bonchev–Trinajstić information content (AvgIpc) is 3.30. The van der Waals surface area contributed by atoms with E-state index in [1.54, 1.807) is 38.1 Å². The minimum absolute atomic E-state index is 0.129. The molecule has 204 valence electrons. The first-order chi connectivity index (χ1) is 17.6. The lowest BCUT2D eigenvalue weighted by molar-refractivity contribution is -0.166. The summed E-state index contributed by atoms with van der Waals surface area (Å²) < 4.78 is 6.40. The number of carbonyl (C=O) groups is 3. The van der Waals surface area contributed by atoms with Gasteiger partial charge in [-0.25, -0.2) is 0 Å². The lowest BCUT2D eigenvalue weighted by Crippen LogP contribution is -2.69. The Morgan fingerprint density at radius 1 is 1.05 bits per heavy atom. The molecular formula is C33H42O5. The number of ketones is 3. The van der Waals surface area contributed by atoms with Gasteiger partial charge in [0, 0.05) is 17.6 Å². The summed E-state index contributed by atoms with van der Waals surface area (Å²) >= 11 is 0. The lowest BCUT2D eigenvalue weighted by atomic mass is 9.39. The third kappa shape index (κ3) is 4.05. The van der Waals surface area contributed by atoms with E-state index < -0.39 is 39.5 Å². The second-order valence-electron chi connectivity index (χ2n) is 13.1. The molecule has 5 heteroatoms. The van der Waals surface area contributed by atoms with Crippen molar-refractivity contribution in [2.45, 2.75) is 92.8 Å². The Morgan fingerprint density at radius 3 is 2.21 bits per heavy atom. The van der Waals surface area contributed by atoms with Gasteiger partial charge in [0.25, 0.3) is 0 Å². The van der Waals surface area contributed by atoms with Crippen molar-refractivity contribution < 1.29 is 24.2 Å². The van der Waals surface area contributed by atoms with Crippen molar-refractivity contribution in [3.05, 3.63) is 70.5 Å². The van der Waals surface area contributed by atoms with Crippen LogP contribution in [0.3, 0.4) is 0 Å². The summed E-state index contributed by atoms with van der Waals surface area (Å²) in [7, 11) is 0. The Labute approximate surface area is 227 Å². The SMILES string of the molecule is CC(C)=CC[C@@H]1C[C@@]2(CC=C(C)C)C(=O)[C@@](C(=O)c3ccccc3)(C(=O)C3=C2O[C@H](C(C)(C)O)C3)C1(C)C. The molecule has 1 saturated carbocycles. The topological polar surface area (TPSA) is 80.7 Å². The summed E-state index contributed by atoms with van der Waals surface area (Å²) in [5.41, 5.74) is -2.23. The quantitative estimate of drug-likeness (QED) is 0.251. The molecule has 4 atom stereocenters. The van der Waals surface area contributed by atoms with Gasteiger partial charge in [-0.05, 0) is 72.1 Å². The van der Waals surface area contributed by atoms with Crippen LogP contribution in [0, 0.1) is 22.2 Å². The molecule has 1 fully saturated rings. The number of ether oxygens (including phenoxy) is 1. The number of aliphatic hydroxyl groups is 1. The van der Waals surface area contributed by atoms with Gasteiger partial charge in [-0.15, -0.1) is 0 Å². The summed E-state index contributed by atoms with van der Waals surface area (Å²) in [6.45, 7) is 15.2. The number of hydrogen-bond donors (Lipinski definition) is 1. The predicted molar refractivity (Wildman–Crippen MR) is 148 cm³/mol. The van der Waals surface area contributed by atoms with Crippen molar-refractivity contribution >= 4 is 17.3 Å². The first kappa shape index (κ1) is 28.2. The molecule has 0 aromatic heterocycles. The van der Waals surface area contributed by atoms with Gasteiger partial charge in [0.2, 0.25) is 0 Å². The fourth-order valence-electron chi connectivity index (χ4n) is 6.78. The van der Waals surface area contributed by atoms with Crippen molar-refractivity contribution in [3.63, 3.8) is 0 Å². The van der Waals surface area contributed by atoms with Crippen molar-refractivity contribution in [1.29, 1.82) is 0 Å². The number of allylic oxidation sites excluding steroid dienone is 5. The third-order valence-corrected chi connectivity index (χ3v) is 9.16. The summed E-state index contributed by atoms with van der Waals surface area (Å²) in [4.78, 5) is 44.4. The molecule has 38 heavy (non-hydrogen) atoms. The zero-order chi connectivity index (χ0) is 28.3. The first-order valence-corrected chi connectivity index (χ1v) is 13.7. The van der Waals surface area contributed by atoms with Crippen molar-refractivity contribution in [2.75, 3.05) is 0 Å². The van der Waals surface area contributed by atoms with Crippen LogP contribution in [-0.2, 0) is 14.3 Å². The third-order valence-electron chi connectivity index (χ3n) is 9.16. The van der Waals surface area contributed by atoms with E-state index >= 15 is 4.79 Å². The maximum Gasteiger partial charge on any atom is 0.184 e. The molecule has 0 amide bonds. The van der Waals surface area contributed by atoms with Crippen LogP contribution < -0.4 is 0 Å². The average molecular weight is 519 g/mol. The predicted octanol–water partition coefficient (Wildman–Crippen LogP) is 6.57. The highest BCUT2D eigenvalue weighted by atomic mass is 16.5. The van der Waals surface area contributed by atoms with E-state index in [-0.39, 0.29) is 18.1 Å². The van der Waals surface area contributed by atoms with E-state index in [9.17, 15) is 14.7 Å². The summed E-state index contributed by atoms with van der Waals surface area (Å²) in [5.74, 6) is -0.977. The Balaban J connectivity index is 2.06. The molecule has 0 radical (unpaired) electrons. The molecule has 1 aromatic carbocycles. The molecule has 0 saturated heterocycles. The van der Waals surface area contributed by atoms with Gasteiger partial charge < -0.3 is 9.84 Å². The standard InChI is InChI=1S/C33H42O5/c1-20(2)14-15-23-19-32(17-16-21(3)4)28-24(18-25(38-28)31(7,8)37)27(35)33(29(32)36,30(23,5)6)26(34)22-12-10-9-11-13-22/h9-14,16,23,25,37H,15,17-19H2,1-8H3/t23-,25+,32-,33-/m1/s1. The van der Waals surface area contributed by atoms with Gasteiger partial charge in [0.05, 0.1) is 11.0 Å². The van der Waals surface area contributed by atoms with Crippen LogP contribution in [0.5, 0.6) is 0 Å². The molecule has 2 bridgehead atoms. The molecule has 1 N–H and O–H groups in total. The van der Waals surface area contributed by atoms with E-state index in [1.165, 1.54) is 0 Å². The molecule has 1 aromatic rings. The van der Waals surface area contributed by atoms with Gasteiger partial charge in [-0.3, -0.25) is 14.4 Å². The molecule has 0 spiro atoms. The highest BCUT2D eigenvalue weighted by Crippen LogP contribution is 2.67. The van der Waals surface area contributed by atoms with Crippen LogP contribution in [-0.4, -0.2) is 34.2 Å². The second-order valence-corrected chi connectivity index (χ2v) is 13.1. The van der Waals surface area contributed by atoms with Crippen LogP contribution in [0.2, 0.25) is 0 Å². The molecule has 2 aliphatic carbocycles. The Kier molecular flexibility index (Phi) is 7.01. The van der Waals surface area contributed by atoms with Crippen molar-refractivity contribution in [2.24, 2.45) is 22.2 Å². The molecular weight excluding hydrogens is 476 g/mol. The molecule has 0 unspecified atom stereocenters. The van der Waals surface area contributed by atoms with Gasteiger partial charge >= 0.3 is 0 Å². The Bertz CT molecular complexity index is 1250. The lowest BCUT2D eigenvalue weighted by Gasteiger charge is -2.59. The van der Waals surface area contributed by atoms with Crippen LogP contribution in [0.4, 0.5) is 0 Å². The molecule has 3 aliphatic rings. The summed E-state index contributed by atoms with van der Waals surface area (Å²) in [5, 5.41) is 10.9. The molecule has 5 nitrogen and oxygen atoms in total. The normalized spacial score (nSPS) is 29.9. The van der Waals surface area contributed by atoms with Gasteiger partial charge in [-0.1, -0.05) is 67.5 Å². The smallest absolute Gasteiger partial charge is 0.184 e. The zero-order valence-electron chi connectivity index (χ0n) is 24.1. The number of carbonyl (C=O) groups excluding carboxylic acids is 3. The number of hydrogen-bond acceptors (Lipinski definition) is 5. The monoisotopic (exact) mass is 518 g/mol. The highest BCUT2D eigenvalue weighted by Gasteiger charge is 2.76. The second kappa shape index (κ2) is 9.44. The number of rotatable bonds is 7. The highest BCUT2D eigenvalue weighted by molar-refractivity contribution is 6.36. The van der Waals surface area contributed by atoms with E-state index in [0.29, 0.717) is 36.2 Å². The molecule has 1 aliphatic heterocycles. The summed E-state index contributed by atoms with van der Waals surface area (Å²) in [6.07, 6.45) is 5.14. The maximum absolute atomic E-state index is 15.0. The van der Waals surface area contributed by atoms with E-state index in [1.807, 2.05) is 53.7 Å². The van der Waals surface area contributed by atoms with Gasteiger partial charge in [0.1, 0.15) is 11.9 Å². The van der Waals surface area contributed by atoms with E-state index in [0.717, 1.165) is 11.1 Å². The number of fused-ring (bicyclic) bond motifs is 3. The van der Waals surface area contributed by atoms with Crippen LogP contribution in [0.15, 0.2) is 65.0 Å². The van der Waals surface area contributed by atoms with Gasteiger partial charge in [-0.2, -0.15) is 0 Å². The van der Waals surface area contributed by atoms with Crippen LogP contribution >= 0.6 is 0 Å². The zero-order valence-corrected chi connectivity index (χ0v) is 24.1.